The largest absolute Gasteiger partial charge is 0.493 e. The maximum absolute atomic E-state index is 14.0. The van der Waals surface area contributed by atoms with Gasteiger partial charge in [0.1, 0.15) is 29.4 Å². The number of nitrogens with one attached hydrogen (secondary N) is 1. The number of ether oxygens (including phenoxy) is 1. The molecule has 1 aromatic carbocycles. The summed E-state index contributed by atoms with van der Waals surface area (Å²) in [5.74, 6) is 0.432. The van der Waals surface area contributed by atoms with Gasteiger partial charge >= 0.3 is 0 Å². The monoisotopic (exact) mass is 367 g/mol. The van der Waals surface area contributed by atoms with Crippen molar-refractivity contribution in [2.45, 2.75) is 26.3 Å². The van der Waals surface area contributed by atoms with Crippen LogP contribution in [0.2, 0.25) is 0 Å². The summed E-state index contributed by atoms with van der Waals surface area (Å²) in [4.78, 5) is 17.2. The summed E-state index contributed by atoms with van der Waals surface area (Å²) in [5, 5.41) is 10.9. The van der Waals surface area contributed by atoms with Crippen LogP contribution in [0.15, 0.2) is 36.7 Å². The maximum Gasteiger partial charge on any atom is 0.260 e. The van der Waals surface area contributed by atoms with Gasteiger partial charge in [-0.25, -0.2) is 9.37 Å². The Morgan fingerprint density at radius 2 is 2.15 bits per heavy atom. The fraction of sp³-hybridized carbons (Fsp3) is 0.263. The van der Waals surface area contributed by atoms with Crippen molar-refractivity contribution in [3.05, 3.63) is 53.6 Å². The van der Waals surface area contributed by atoms with Gasteiger partial charge in [-0.15, -0.1) is 10.2 Å². The number of hydrogen-bond donors (Lipinski definition) is 1. The van der Waals surface area contributed by atoms with Gasteiger partial charge in [0, 0.05) is 12.6 Å². The van der Waals surface area contributed by atoms with E-state index in [0.717, 1.165) is 12.8 Å². The van der Waals surface area contributed by atoms with Gasteiger partial charge in [0.2, 0.25) is 0 Å². The molecule has 2 bridgehead atoms. The molecule has 3 aromatic rings. The second-order valence-corrected chi connectivity index (χ2v) is 6.36. The number of carbonyl (C=O) groups is 1. The van der Waals surface area contributed by atoms with Gasteiger partial charge in [-0.05, 0) is 43.5 Å². The molecule has 138 valence electrons. The molecule has 3 heterocycles. The van der Waals surface area contributed by atoms with Gasteiger partial charge < -0.3 is 14.6 Å². The summed E-state index contributed by atoms with van der Waals surface area (Å²) in [6.07, 6.45) is 3.21. The lowest BCUT2D eigenvalue weighted by Gasteiger charge is -2.14. The third kappa shape index (κ3) is 3.51. The molecule has 0 radical (unpaired) electrons. The van der Waals surface area contributed by atoms with Crippen LogP contribution >= 0.6 is 0 Å². The lowest BCUT2D eigenvalue weighted by molar-refractivity contribution is 0.102. The zero-order valence-electron chi connectivity index (χ0n) is 14.8. The minimum atomic E-state index is -0.406. The second kappa shape index (κ2) is 7.14. The molecule has 4 rings (SSSR count). The van der Waals surface area contributed by atoms with Crippen LogP contribution in [-0.2, 0) is 6.54 Å². The van der Waals surface area contributed by atoms with Crippen LogP contribution < -0.4 is 10.1 Å². The summed E-state index contributed by atoms with van der Waals surface area (Å²) in [5.41, 5.74) is 1.28. The molecule has 1 amide bonds. The number of hydrogen-bond acceptors (Lipinski definition) is 5. The van der Waals surface area contributed by atoms with Gasteiger partial charge in [-0.2, -0.15) is 0 Å². The van der Waals surface area contributed by atoms with Crippen molar-refractivity contribution in [2.75, 3.05) is 11.9 Å². The van der Waals surface area contributed by atoms with E-state index >= 15 is 0 Å². The van der Waals surface area contributed by atoms with E-state index in [-0.39, 0.29) is 11.3 Å². The third-order valence-corrected chi connectivity index (χ3v) is 4.39. The van der Waals surface area contributed by atoms with E-state index in [1.165, 1.54) is 12.1 Å². The molecule has 0 saturated heterocycles. The molecule has 1 aliphatic heterocycles. The number of pyridine rings is 1. The maximum atomic E-state index is 14.0. The minimum Gasteiger partial charge on any atom is -0.493 e. The minimum absolute atomic E-state index is 0.230. The Bertz CT molecular complexity index is 1000. The van der Waals surface area contributed by atoms with Crippen LogP contribution in [0.3, 0.4) is 0 Å². The summed E-state index contributed by atoms with van der Waals surface area (Å²) in [7, 11) is 0. The predicted octanol–water partition coefficient (Wildman–Crippen LogP) is 3.21. The van der Waals surface area contributed by atoms with E-state index in [9.17, 15) is 9.18 Å². The molecular weight excluding hydrogens is 349 g/mol. The highest BCUT2D eigenvalue weighted by atomic mass is 19.1. The molecule has 1 N–H and O–H groups in total. The average Bonchev–Trinajstić information content (AvgIpc) is 3.12. The number of carbonyl (C=O) groups excluding carboxylic acids is 1. The highest BCUT2D eigenvalue weighted by Crippen LogP contribution is 2.25. The molecule has 0 atom stereocenters. The van der Waals surface area contributed by atoms with E-state index in [4.69, 9.17) is 4.74 Å². The van der Waals surface area contributed by atoms with E-state index in [1.807, 2.05) is 10.6 Å². The van der Waals surface area contributed by atoms with E-state index < -0.39 is 11.7 Å². The normalized spacial score (nSPS) is 14.4. The summed E-state index contributed by atoms with van der Waals surface area (Å²) in [6, 6.07) is 8.05. The highest BCUT2D eigenvalue weighted by Gasteiger charge is 2.18. The number of aromatic nitrogens is 4. The molecular formula is C19H18FN5O2. The highest BCUT2D eigenvalue weighted by molar-refractivity contribution is 6.06. The van der Waals surface area contributed by atoms with E-state index in [0.29, 0.717) is 36.1 Å². The molecule has 7 nitrogen and oxygen atoms in total. The zero-order valence-corrected chi connectivity index (χ0v) is 14.8. The van der Waals surface area contributed by atoms with Crippen LogP contribution in [0.4, 0.5) is 10.2 Å². The Kier molecular flexibility index (Phi) is 4.53. The van der Waals surface area contributed by atoms with Crippen LogP contribution in [0.1, 0.15) is 28.8 Å². The van der Waals surface area contributed by atoms with Gasteiger partial charge in [-0.3, -0.25) is 4.79 Å². The fourth-order valence-electron chi connectivity index (χ4n) is 2.96. The van der Waals surface area contributed by atoms with Gasteiger partial charge in [-0.1, -0.05) is 6.07 Å². The quantitative estimate of drug-likeness (QED) is 0.660. The number of aryl methyl sites for hydroxylation is 2. The molecule has 0 saturated carbocycles. The van der Waals surface area contributed by atoms with Crippen molar-refractivity contribution >= 4 is 11.7 Å². The predicted molar refractivity (Wildman–Crippen MR) is 97.1 cm³/mol. The van der Waals surface area contributed by atoms with E-state index in [2.05, 4.69) is 20.5 Å². The molecule has 2 aromatic heterocycles. The summed E-state index contributed by atoms with van der Waals surface area (Å²) >= 11 is 0. The third-order valence-electron chi connectivity index (χ3n) is 4.39. The smallest absolute Gasteiger partial charge is 0.260 e. The Balaban J connectivity index is 1.75. The lowest BCUT2D eigenvalue weighted by Crippen LogP contribution is -2.16. The second-order valence-electron chi connectivity index (χ2n) is 6.36. The first-order valence-electron chi connectivity index (χ1n) is 8.71. The van der Waals surface area contributed by atoms with Crippen molar-refractivity contribution in [3.63, 3.8) is 0 Å². The number of halogens is 1. The van der Waals surface area contributed by atoms with Crippen molar-refractivity contribution in [2.24, 2.45) is 0 Å². The number of rotatable bonds is 0. The summed E-state index contributed by atoms with van der Waals surface area (Å²) < 4.78 is 21.6. The first-order chi connectivity index (χ1) is 13.1. The number of benzene rings is 1. The van der Waals surface area contributed by atoms with Gasteiger partial charge in [0.05, 0.1) is 12.2 Å². The van der Waals surface area contributed by atoms with Crippen LogP contribution in [0.5, 0.6) is 5.75 Å². The SMILES string of the molecule is Cc1cc2c(cc1F)OCCCCn1cnnc1-c1cccc(n1)NC2=O. The topological polar surface area (TPSA) is 81.9 Å². The van der Waals surface area contributed by atoms with E-state index in [1.54, 1.807) is 25.4 Å². The van der Waals surface area contributed by atoms with Crippen molar-refractivity contribution < 1.29 is 13.9 Å². The van der Waals surface area contributed by atoms with Gasteiger partial charge in [0.15, 0.2) is 5.82 Å². The number of fused-ring (bicyclic) bond motifs is 5. The first-order valence-corrected chi connectivity index (χ1v) is 8.71. The molecule has 27 heavy (non-hydrogen) atoms. The molecule has 0 spiro atoms. The molecule has 0 unspecified atom stereocenters. The molecule has 0 fully saturated rings. The van der Waals surface area contributed by atoms with Gasteiger partial charge in [0.25, 0.3) is 5.91 Å². The Hall–Kier alpha value is -3.29. The number of amides is 1. The van der Waals surface area contributed by atoms with Crippen molar-refractivity contribution in [3.8, 4) is 17.3 Å². The first kappa shape index (κ1) is 17.1. The zero-order chi connectivity index (χ0) is 18.8. The van der Waals surface area contributed by atoms with Crippen LogP contribution in [-0.4, -0.2) is 32.3 Å². The standard InChI is InChI=1S/C19H18FN5O2/c1-12-9-13-16(10-14(12)20)27-8-3-2-7-25-11-21-24-18(25)15-5-4-6-17(22-15)23-19(13)26/h4-6,9-11H,2-3,7-8H2,1H3,(H,22,23,26). The molecule has 1 aliphatic rings. The van der Waals surface area contributed by atoms with Crippen LogP contribution in [0, 0.1) is 12.7 Å². The average molecular weight is 367 g/mol. The molecule has 0 aliphatic carbocycles. The fourth-order valence-corrected chi connectivity index (χ4v) is 2.96. The van der Waals surface area contributed by atoms with Crippen LogP contribution in [0.25, 0.3) is 11.5 Å². The van der Waals surface area contributed by atoms with Crippen molar-refractivity contribution in [1.82, 2.24) is 19.7 Å². The Morgan fingerprint density at radius 1 is 1.26 bits per heavy atom. The molecule has 8 heteroatoms. The summed E-state index contributed by atoms with van der Waals surface area (Å²) in [6.45, 7) is 2.70. The Morgan fingerprint density at radius 3 is 3.04 bits per heavy atom. The van der Waals surface area contributed by atoms with Crippen molar-refractivity contribution in [1.29, 1.82) is 0 Å². The number of nitrogens with zero attached hydrogens (tertiary/aromatic N) is 4. The number of anilines is 1. The Labute approximate surface area is 155 Å². The lowest BCUT2D eigenvalue weighted by atomic mass is 10.1.